The molecular formula is C16H18N2O3. The second kappa shape index (κ2) is 6.85. The van der Waals surface area contributed by atoms with Gasteiger partial charge < -0.3 is 9.84 Å². The van der Waals surface area contributed by atoms with Gasteiger partial charge in [-0.25, -0.2) is 4.79 Å². The number of ether oxygens (including phenoxy) is 1. The molecule has 5 heteroatoms. The van der Waals surface area contributed by atoms with Crippen LogP contribution in [-0.2, 0) is 13.1 Å². The molecular weight excluding hydrogens is 268 g/mol. The molecule has 1 aromatic heterocycles. The molecule has 0 aliphatic heterocycles. The molecule has 1 N–H and O–H groups in total. The molecule has 0 aliphatic rings. The van der Waals surface area contributed by atoms with E-state index in [2.05, 4.69) is 9.88 Å². The lowest BCUT2D eigenvalue weighted by molar-refractivity contribution is 0.0696. The molecule has 21 heavy (non-hydrogen) atoms. The Morgan fingerprint density at radius 3 is 2.76 bits per heavy atom. The van der Waals surface area contributed by atoms with Crippen molar-refractivity contribution >= 4 is 5.97 Å². The molecule has 2 rings (SSSR count). The topological polar surface area (TPSA) is 62.7 Å². The van der Waals surface area contributed by atoms with Crippen LogP contribution in [0.15, 0.2) is 42.7 Å². The molecule has 0 aliphatic carbocycles. The molecule has 0 unspecified atom stereocenters. The normalized spacial score (nSPS) is 10.6. The Morgan fingerprint density at radius 1 is 1.33 bits per heavy atom. The van der Waals surface area contributed by atoms with Gasteiger partial charge in [0.1, 0.15) is 5.75 Å². The van der Waals surface area contributed by atoms with Gasteiger partial charge in [-0.3, -0.25) is 9.88 Å². The Hall–Kier alpha value is -2.40. The summed E-state index contributed by atoms with van der Waals surface area (Å²) in [5, 5.41) is 9.08. The van der Waals surface area contributed by atoms with E-state index in [1.165, 1.54) is 0 Å². The van der Waals surface area contributed by atoms with Crippen LogP contribution in [0.2, 0.25) is 0 Å². The Bertz CT molecular complexity index is 614. The predicted molar refractivity (Wildman–Crippen MR) is 79.4 cm³/mol. The highest BCUT2D eigenvalue weighted by Crippen LogP contribution is 2.22. The minimum atomic E-state index is -0.936. The summed E-state index contributed by atoms with van der Waals surface area (Å²) in [6.45, 7) is 1.33. The number of hydrogen-bond donors (Lipinski definition) is 1. The summed E-state index contributed by atoms with van der Waals surface area (Å²) in [6.07, 6.45) is 3.56. The van der Waals surface area contributed by atoms with Gasteiger partial charge in [-0.15, -0.1) is 0 Å². The molecule has 0 saturated heterocycles. The van der Waals surface area contributed by atoms with Gasteiger partial charge in [0.25, 0.3) is 0 Å². The van der Waals surface area contributed by atoms with E-state index in [1.807, 2.05) is 25.4 Å². The number of nitrogens with zero attached hydrogens (tertiary/aromatic N) is 2. The molecule has 0 amide bonds. The fourth-order valence-corrected chi connectivity index (χ4v) is 2.19. The highest BCUT2D eigenvalue weighted by molar-refractivity contribution is 5.88. The molecule has 5 nitrogen and oxygen atoms in total. The lowest BCUT2D eigenvalue weighted by atomic mass is 10.1. The third kappa shape index (κ3) is 4.03. The minimum absolute atomic E-state index is 0.264. The van der Waals surface area contributed by atoms with Crippen LogP contribution in [0.25, 0.3) is 0 Å². The maximum atomic E-state index is 11.1. The number of carbonyl (C=O) groups is 1. The van der Waals surface area contributed by atoms with Crippen molar-refractivity contribution in [2.24, 2.45) is 0 Å². The van der Waals surface area contributed by atoms with Crippen molar-refractivity contribution in [2.45, 2.75) is 13.1 Å². The predicted octanol–water partition coefficient (Wildman–Crippen LogP) is 2.42. The molecule has 1 aromatic carbocycles. The van der Waals surface area contributed by atoms with E-state index in [4.69, 9.17) is 9.84 Å². The molecule has 0 radical (unpaired) electrons. The van der Waals surface area contributed by atoms with Gasteiger partial charge in [-0.2, -0.15) is 0 Å². The summed E-state index contributed by atoms with van der Waals surface area (Å²) in [4.78, 5) is 17.2. The Morgan fingerprint density at radius 2 is 2.14 bits per heavy atom. The van der Waals surface area contributed by atoms with E-state index >= 15 is 0 Å². The zero-order valence-corrected chi connectivity index (χ0v) is 12.1. The SMILES string of the molecule is COc1ccc(C(=O)O)cc1CN(C)Cc1cccnc1. The third-order valence-electron chi connectivity index (χ3n) is 3.14. The summed E-state index contributed by atoms with van der Waals surface area (Å²) in [6, 6.07) is 8.80. The number of pyridine rings is 1. The van der Waals surface area contributed by atoms with Crippen molar-refractivity contribution in [3.63, 3.8) is 0 Å². The van der Waals surface area contributed by atoms with Crippen molar-refractivity contribution in [3.05, 3.63) is 59.4 Å². The van der Waals surface area contributed by atoms with Crippen molar-refractivity contribution < 1.29 is 14.6 Å². The van der Waals surface area contributed by atoms with Gasteiger partial charge in [0.2, 0.25) is 0 Å². The van der Waals surface area contributed by atoms with Crippen molar-refractivity contribution in [1.82, 2.24) is 9.88 Å². The number of carboxylic acids is 1. The fourth-order valence-electron chi connectivity index (χ4n) is 2.19. The summed E-state index contributed by atoms with van der Waals surface area (Å²) in [7, 11) is 3.56. The Balaban J connectivity index is 2.13. The number of aromatic nitrogens is 1. The van der Waals surface area contributed by atoms with Gasteiger partial charge in [0, 0.05) is 31.0 Å². The van der Waals surface area contributed by atoms with Crippen molar-refractivity contribution in [2.75, 3.05) is 14.2 Å². The van der Waals surface area contributed by atoms with E-state index in [0.29, 0.717) is 12.3 Å². The first-order valence-electron chi connectivity index (χ1n) is 6.58. The van der Waals surface area contributed by atoms with Crippen LogP contribution < -0.4 is 4.74 Å². The van der Waals surface area contributed by atoms with Crippen LogP contribution in [0.1, 0.15) is 21.5 Å². The molecule has 1 heterocycles. The smallest absolute Gasteiger partial charge is 0.335 e. The average molecular weight is 286 g/mol. The third-order valence-corrected chi connectivity index (χ3v) is 3.14. The zero-order chi connectivity index (χ0) is 15.2. The molecule has 2 aromatic rings. The second-order valence-electron chi connectivity index (χ2n) is 4.87. The van der Waals surface area contributed by atoms with Crippen LogP contribution in [0.5, 0.6) is 5.75 Å². The number of rotatable bonds is 6. The molecule has 0 fully saturated rings. The lowest BCUT2D eigenvalue weighted by Crippen LogP contribution is -2.18. The standard InChI is InChI=1S/C16H18N2O3/c1-18(10-12-4-3-7-17-9-12)11-14-8-13(16(19)20)5-6-15(14)21-2/h3-9H,10-11H2,1-2H3,(H,19,20). The lowest BCUT2D eigenvalue weighted by Gasteiger charge is -2.18. The molecule has 0 atom stereocenters. The monoisotopic (exact) mass is 286 g/mol. The van der Waals surface area contributed by atoms with Crippen LogP contribution in [-0.4, -0.2) is 35.1 Å². The molecule has 0 spiro atoms. The van der Waals surface area contributed by atoms with Crippen LogP contribution in [0.4, 0.5) is 0 Å². The highest BCUT2D eigenvalue weighted by Gasteiger charge is 2.11. The quantitative estimate of drug-likeness (QED) is 0.883. The summed E-state index contributed by atoms with van der Waals surface area (Å²) in [5.74, 6) is -0.244. The summed E-state index contributed by atoms with van der Waals surface area (Å²) < 4.78 is 5.30. The second-order valence-corrected chi connectivity index (χ2v) is 4.87. The number of aromatic carboxylic acids is 1. The van der Waals surface area contributed by atoms with Gasteiger partial charge in [-0.1, -0.05) is 6.07 Å². The van der Waals surface area contributed by atoms with E-state index in [-0.39, 0.29) is 5.56 Å². The number of hydrogen-bond acceptors (Lipinski definition) is 4. The first-order valence-corrected chi connectivity index (χ1v) is 6.58. The maximum Gasteiger partial charge on any atom is 0.335 e. The number of carboxylic acid groups (broad SMARTS) is 1. The van der Waals surface area contributed by atoms with Crippen molar-refractivity contribution in [1.29, 1.82) is 0 Å². The summed E-state index contributed by atoms with van der Waals surface area (Å²) >= 11 is 0. The van der Waals surface area contributed by atoms with E-state index < -0.39 is 5.97 Å². The number of benzene rings is 1. The van der Waals surface area contributed by atoms with Gasteiger partial charge in [0.15, 0.2) is 0 Å². The van der Waals surface area contributed by atoms with E-state index in [1.54, 1.807) is 31.5 Å². The molecule has 0 bridgehead atoms. The Labute approximate surface area is 123 Å². The first-order chi connectivity index (χ1) is 10.1. The van der Waals surface area contributed by atoms with Crippen LogP contribution in [0.3, 0.4) is 0 Å². The van der Waals surface area contributed by atoms with Gasteiger partial charge >= 0.3 is 5.97 Å². The molecule has 0 saturated carbocycles. The van der Waals surface area contributed by atoms with Crippen LogP contribution >= 0.6 is 0 Å². The highest BCUT2D eigenvalue weighted by atomic mass is 16.5. The molecule has 110 valence electrons. The van der Waals surface area contributed by atoms with Gasteiger partial charge in [-0.05, 0) is 36.9 Å². The summed E-state index contributed by atoms with van der Waals surface area (Å²) in [5.41, 5.74) is 2.22. The minimum Gasteiger partial charge on any atom is -0.496 e. The fraction of sp³-hybridized carbons (Fsp3) is 0.250. The van der Waals surface area contributed by atoms with Crippen LogP contribution in [0, 0.1) is 0 Å². The first kappa shape index (κ1) is 15.0. The Kier molecular flexibility index (Phi) is 4.90. The maximum absolute atomic E-state index is 11.1. The van der Waals surface area contributed by atoms with E-state index in [9.17, 15) is 4.79 Å². The zero-order valence-electron chi connectivity index (χ0n) is 12.1. The van der Waals surface area contributed by atoms with E-state index in [0.717, 1.165) is 17.7 Å². The van der Waals surface area contributed by atoms with Gasteiger partial charge in [0.05, 0.1) is 12.7 Å². The number of methoxy groups -OCH3 is 1. The van der Waals surface area contributed by atoms with Crippen molar-refractivity contribution in [3.8, 4) is 5.75 Å². The largest absolute Gasteiger partial charge is 0.496 e. The average Bonchev–Trinajstić information content (AvgIpc) is 2.48.